The number of anilines is 1. The number of hydrogen-bond donors (Lipinski definition) is 1. The summed E-state index contributed by atoms with van der Waals surface area (Å²) >= 11 is 4.91. The third-order valence-electron chi connectivity index (χ3n) is 2.61. The number of rotatable bonds is 4. The van der Waals surface area contributed by atoms with E-state index in [-0.39, 0.29) is 0 Å². The van der Waals surface area contributed by atoms with Crippen molar-refractivity contribution in [3.8, 4) is 0 Å². The maximum atomic E-state index is 5.55. The number of nitrogens with zero attached hydrogens (tertiary/aromatic N) is 2. The molecule has 0 amide bonds. The lowest BCUT2D eigenvalue weighted by molar-refractivity contribution is 0.777. The zero-order valence-corrected chi connectivity index (χ0v) is 9.63. The molecule has 0 atom stereocenters. The smallest absolute Gasteiger partial charge is 0.129 e. The van der Waals surface area contributed by atoms with Crippen LogP contribution in [0.15, 0.2) is 18.2 Å². The Kier molecular flexibility index (Phi) is 2.86. The average molecular weight is 221 g/mol. The highest BCUT2D eigenvalue weighted by molar-refractivity contribution is 7.80. The second kappa shape index (κ2) is 4.14. The van der Waals surface area contributed by atoms with E-state index in [1.165, 1.54) is 12.8 Å². The molecule has 0 bridgehead atoms. The van der Waals surface area contributed by atoms with Crippen molar-refractivity contribution in [2.75, 3.05) is 18.5 Å². The lowest BCUT2D eigenvalue weighted by Crippen LogP contribution is -2.22. The third-order valence-corrected chi connectivity index (χ3v) is 2.82. The van der Waals surface area contributed by atoms with Crippen molar-refractivity contribution in [2.45, 2.75) is 12.8 Å². The monoisotopic (exact) mass is 221 g/mol. The molecule has 1 fully saturated rings. The molecular formula is C11H15N3S. The summed E-state index contributed by atoms with van der Waals surface area (Å²) in [5, 5.41) is 0. The summed E-state index contributed by atoms with van der Waals surface area (Å²) in [4.78, 5) is 6.94. The fraction of sp³-hybridized carbons (Fsp3) is 0.455. The van der Waals surface area contributed by atoms with Crippen LogP contribution in [0.4, 0.5) is 5.82 Å². The number of aromatic nitrogens is 1. The van der Waals surface area contributed by atoms with E-state index in [1.807, 2.05) is 18.2 Å². The predicted octanol–water partition coefficient (Wildman–Crippen LogP) is 1.56. The highest BCUT2D eigenvalue weighted by atomic mass is 32.1. The van der Waals surface area contributed by atoms with Gasteiger partial charge in [0.2, 0.25) is 0 Å². The summed E-state index contributed by atoms with van der Waals surface area (Å²) < 4.78 is 0. The maximum Gasteiger partial charge on any atom is 0.129 e. The predicted molar refractivity (Wildman–Crippen MR) is 66.1 cm³/mol. The van der Waals surface area contributed by atoms with Crippen molar-refractivity contribution in [3.05, 3.63) is 23.9 Å². The number of thiocarbonyl (C=S) groups is 1. The van der Waals surface area contributed by atoms with Gasteiger partial charge in [0.05, 0.1) is 5.69 Å². The van der Waals surface area contributed by atoms with Crippen molar-refractivity contribution < 1.29 is 0 Å². The SMILES string of the molecule is CN(CC1CC1)c1cccc(C(N)=S)n1. The second-order valence-corrected chi connectivity index (χ2v) is 4.51. The molecule has 2 rings (SSSR count). The lowest BCUT2D eigenvalue weighted by atomic mass is 10.3. The van der Waals surface area contributed by atoms with Crippen LogP contribution in [0, 0.1) is 5.92 Å². The molecule has 0 spiro atoms. The molecule has 1 saturated carbocycles. The van der Waals surface area contributed by atoms with Crippen LogP contribution in [0.2, 0.25) is 0 Å². The summed E-state index contributed by atoms with van der Waals surface area (Å²) in [5.41, 5.74) is 6.25. The standard InChI is InChI=1S/C11H15N3S/c1-14(7-8-5-6-8)10-4-2-3-9(13-10)11(12)15/h2-4,8H,5-7H2,1H3,(H2,12,15). The van der Waals surface area contributed by atoms with Gasteiger partial charge in [0.25, 0.3) is 0 Å². The average Bonchev–Trinajstić information content (AvgIpc) is 3.02. The number of pyridine rings is 1. The summed E-state index contributed by atoms with van der Waals surface area (Å²) in [6, 6.07) is 5.78. The summed E-state index contributed by atoms with van der Waals surface area (Å²) in [6.45, 7) is 1.08. The van der Waals surface area contributed by atoms with Crippen molar-refractivity contribution in [3.63, 3.8) is 0 Å². The minimum Gasteiger partial charge on any atom is -0.388 e. The van der Waals surface area contributed by atoms with Crippen molar-refractivity contribution in [1.29, 1.82) is 0 Å². The molecule has 0 saturated heterocycles. The first kappa shape index (κ1) is 10.4. The van der Waals surface area contributed by atoms with Crippen LogP contribution in [0.3, 0.4) is 0 Å². The van der Waals surface area contributed by atoms with Crippen LogP contribution in [-0.4, -0.2) is 23.6 Å². The van der Waals surface area contributed by atoms with Gasteiger partial charge in [-0.25, -0.2) is 4.98 Å². The van der Waals surface area contributed by atoms with Crippen LogP contribution in [0.5, 0.6) is 0 Å². The van der Waals surface area contributed by atoms with Gasteiger partial charge in [-0.05, 0) is 30.9 Å². The van der Waals surface area contributed by atoms with E-state index < -0.39 is 0 Å². The zero-order valence-electron chi connectivity index (χ0n) is 8.81. The Bertz CT molecular complexity index is 374. The van der Waals surface area contributed by atoms with Crippen LogP contribution in [0.1, 0.15) is 18.5 Å². The first-order valence-corrected chi connectivity index (χ1v) is 5.55. The van der Waals surface area contributed by atoms with Crippen molar-refractivity contribution in [1.82, 2.24) is 4.98 Å². The molecule has 0 radical (unpaired) electrons. The van der Waals surface area contributed by atoms with Gasteiger partial charge in [-0.3, -0.25) is 0 Å². The van der Waals surface area contributed by atoms with Gasteiger partial charge < -0.3 is 10.6 Å². The highest BCUT2D eigenvalue weighted by Crippen LogP contribution is 2.30. The van der Waals surface area contributed by atoms with E-state index in [4.69, 9.17) is 18.0 Å². The Labute approximate surface area is 95.3 Å². The van der Waals surface area contributed by atoms with Gasteiger partial charge >= 0.3 is 0 Å². The molecule has 3 nitrogen and oxygen atoms in total. The van der Waals surface area contributed by atoms with Gasteiger partial charge in [-0.15, -0.1) is 0 Å². The summed E-state index contributed by atoms with van der Waals surface area (Å²) in [6.07, 6.45) is 2.69. The third kappa shape index (κ3) is 2.65. The molecule has 1 aliphatic rings. The van der Waals surface area contributed by atoms with Gasteiger partial charge in [0.15, 0.2) is 0 Å². The fourth-order valence-corrected chi connectivity index (χ4v) is 1.67. The topological polar surface area (TPSA) is 42.1 Å². The highest BCUT2D eigenvalue weighted by Gasteiger charge is 2.23. The zero-order chi connectivity index (χ0) is 10.8. The van der Waals surface area contributed by atoms with Gasteiger partial charge in [-0.2, -0.15) is 0 Å². The molecule has 0 unspecified atom stereocenters. The molecule has 1 heterocycles. The van der Waals surface area contributed by atoms with Crippen LogP contribution < -0.4 is 10.6 Å². The molecule has 15 heavy (non-hydrogen) atoms. The molecule has 80 valence electrons. The molecule has 2 N–H and O–H groups in total. The molecule has 4 heteroatoms. The van der Waals surface area contributed by atoms with Crippen LogP contribution in [-0.2, 0) is 0 Å². The fourth-order valence-electron chi connectivity index (χ4n) is 1.55. The number of hydrogen-bond acceptors (Lipinski definition) is 3. The van der Waals surface area contributed by atoms with E-state index in [0.717, 1.165) is 18.3 Å². The van der Waals surface area contributed by atoms with E-state index in [2.05, 4.69) is 16.9 Å². The Morgan fingerprint density at radius 2 is 2.33 bits per heavy atom. The second-order valence-electron chi connectivity index (χ2n) is 4.07. The van der Waals surface area contributed by atoms with Gasteiger partial charge in [0.1, 0.15) is 10.8 Å². The molecule has 0 aliphatic heterocycles. The lowest BCUT2D eigenvalue weighted by Gasteiger charge is -2.18. The Balaban J connectivity index is 2.11. The van der Waals surface area contributed by atoms with E-state index in [0.29, 0.717) is 10.7 Å². The molecule has 1 aromatic rings. The largest absolute Gasteiger partial charge is 0.388 e. The molecule has 1 aliphatic carbocycles. The Morgan fingerprint density at radius 1 is 1.60 bits per heavy atom. The normalized spacial score (nSPS) is 15.0. The molecule has 0 aromatic carbocycles. The van der Waals surface area contributed by atoms with E-state index in [9.17, 15) is 0 Å². The molecule has 1 aromatic heterocycles. The van der Waals surface area contributed by atoms with Gasteiger partial charge in [-0.1, -0.05) is 18.3 Å². The van der Waals surface area contributed by atoms with Crippen LogP contribution >= 0.6 is 12.2 Å². The Hall–Kier alpha value is -1.16. The Morgan fingerprint density at radius 3 is 2.93 bits per heavy atom. The van der Waals surface area contributed by atoms with Crippen LogP contribution in [0.25, 0.3) is 0 Å². The van der Waals surface area contributed by atoms with E-state index >= 15 is 0 Å². The maximum absolute atomic E-state index is 5.55. The summed E-state index contributed by atoms with van der Waals surface area (Å²) in [5.74, 6) is 1.80. The van der Waals surface area contributed by atoms with Crippen molar-refractivity contribution in [2.24, 2.45) is 11.7 Å². The minimum absolute atomic E-state index is 0.358. The first-order chi connectivity index (χ1) is 7.16. The quantitative estimate of drug-likeness (QED) is 0.784. The van der Waals surface area contributed by atoms with Crippen molar-refractivity contribution >= 4 is 23.0 Å². The summed E-state index contributed by atoms with van der Waals surface area (Å²) in [7, 11) is 2.06. The number of nitrogens with two attached hydrogens (primary N) is 1. The minimum atomic E-state index is 0.358. The van der Waals surface area contributed by atoms with E-state index in [1.54, 1.807) is 0 Å². The molecular weight excluding hydrogens is 206 g/mol. The van der Waals surface area contributed by atoms with Gasteiger partial charge in [0, 0.05) is 13.6 Å². The first-order valence-electron chi connectivity index (χ1n) is 5.15.